The van der Waals surface area contributed by atoms with Gasteiger partial charge in [0, 0.05) is 32.9 Å². The van der Waals surface area contributed by atoms with Crippen molar-refractivity contribution in [3.8, 4) is 39.7 Å². The Balaban J connectivity index is 1.23. The molecule has 0 fully saturated rings. The molecule has 9 aromatic rings. The topological polar surface area (TPSA) is 33.6 Å². The molecule has 0 bridgehead atoms. The van der Waals surface area contributed by atoms with Crippen molar-refractivity contribution < 1.29 is 0 Å². The van der Waals surface area contributed by atoms with Crippen LogP contribution in [-0.4, -0.2) is 9.13 Å². The van der Waals surface area contributed by atoms with Crippen molar-refractivity contribution in [3.63, 3.8) is 0 Å². The van der Waals surface area contributed by atoms with E-state index in [0.29, 0.717) is 5.56 Å². The molecule has 7 aromatic carbocycles. The lowest BCUT2D eigenvalue weighted by Crippen LogP contribution is -1.97. The van der Waals surface area contributed by atoms with E-state index in [2.05, 4.69) is 167 Å². The van der Waals surface area contributed by atoms with Gasteiger partial charge in [-0.2, -0.15) is 5.26 Å². The van der Waals surface area contributed by atoms with E-state index < -0.39 is 0 Å². The molecule has 9 rings (SSSR count). The predicted molar refractivity (Wildman–Crippen MR) is 191 cm³/mol. The average Bonchev–Trinajstić information content (AvgIpc) is 3.64. The van der Waals surface area contributed by atoms with Crippen molar-refractivity contribution in [3.05, 3.63) is 169 Å². The predicted octanol–water partition coefficient (Wildman–Crippen LogP) is 11.1. The Kier molecular flexibility index (Phi) is 5.88. The second kappa shape index (κ2) is 10.4. The number of aromatic nitrogens is 2. The second-order valence-corrected chi connectivity index (χ2v) is 11.8. The molecule has 0 aliphatic rings. The normalized spacial score (nSPS) is 11.5. The van der Waals surface area contributed by atoms with Gasteiger partial charge in [0.1, 0.15) is 0 Å². The highest BCUT2D eigenvalue weighted by atomic mass is 15.0. The highest BCUT2D eigenvalue weighted by Crippen LogP contribution is 2.37. The minimum Gasteiger partial charge on any atom is -0.309 e. The Bertz CT molecular complexity index is 2600. The van der Waals surface area contributed by atoms with Gasteiger partial charge < -0.3 is 9.13 Å². The lowest BCUT2D eigenvalue weighted by atomic mass is 10.0. The first-order valence-electron chi connectivity index (χ1n) is 15.5. The molecule has 0 saturated carbocycles. The fraction of sp³-hybridized carbons (Fsp3) is 0. The van der Waals surface area contributed by atoms with E-state index in [0.717, 1.165) is 44.6 Å². The minimum absolute atomic E-state index is 0.630. The van der Waals surface area contributed by atoms with Gasteiger partial charge in [-0.15, -0.1) is 0 Å². The van der Waals surface area contributed by atoms with Crippen molar-refractivity contribution in [2.24, 2.45) is 0 Å². The summed E-state index contributed by atoms with van der Waals surface area (Å²) in [5.41, 5.74) is 11.7. The van der Waals surface area contributed by atoms with E-state index in [1.54, 1.807) is 0 Å². The number of rotatable bonds is 4. The Morgan fingerprint density at radius 3 is 1.54 bits per heavy atom. The summed E-state index contributed by atoms with van der Waals surface area (Å²) in [6.45, 7) is 0. The number of benzene rings is 7. The van der Waals surface area contributed by atoms with Crippen LogP contribution in [0.3, 0.4) is 0 Å². The summed E-state index contributed by atoms with van der Waals surface area (Å²) in [4.78, 5) is 0. The zero-order valence-electron chi connectivity index (χ0n) is 24.9. The van der Waals surface area contributed by atoms with Gasteiger partial charge in [-0.3, -0.25) is 0 Å². The van der Waals surface area contributed by atoms with Gasteiger partial charge in [-0.05, 0) is 82.9 Å². The number of nitrogens with zero attached hydrogens (tertiary/aromatic N) is 3. The van der Waals surface area contributed by atoms with Crippen LogP contribution in [0.25, 0.3) is 77.2 Å². The molecule has 0 aliphatic heterocycles. The summed E-state index contributed by atoms with van der Waals surface area (Å²) in [6.07, 6.45) is 0. The zero-order chi connectivity index (χ0) is 30.6. The first kappa shape index (κ1) is 26.1. The lowest BCUT2D eigenvalue weighted by molar-refractivity contribution is 1.17. The van der Waals surface area contributed by atoms with Crippen molar-refractivity contribution >= 4 is 43.6 Å². The molecular formula is C43H27N3. The van der Waals surface area contributed by atoms with E-state index in [1.165, 1.54) is 32.7 Å². The Morgan fingerprint density at radius 2 is 0.870 bits per heavy atom. The van der Waals surface area contributed by atoms with Crippen LogP contribution in [0.15, 0.2) is 164 Å². The molecule has 0 spiro atoms. The molecule has 0 radical (unpaired) electrons. The van der Waals surface area contributed by atoms with Crippen LogP contribution in [0.1, 0.15) is 5.56 Å². The number of nitriles is 1. The fourth-order valence-electron chi connectivity index (χ4n) is 7.06. The van der Waals surface area contributed by atoms with Crippen LogP contribution in [0.2, 0.25) is 0 Å². The van der Waals surface area contributed by atoms with Gasteiger partial charge in [0.05, 0.1) is 33.7 Å². The van der Waals surface area contributed by atoms with Crippen LogP contribution >= 0.6 is 0 Å². The molecule has 3 nitrogen and oxygen atoms in total. The zero-order valence-corrected chi connectivity index (χ0v) is 24.9. The van der Waals surface area contributed by atoms with Crippen LogP contribution in [0.5, 0.6) is 0 Å². The molecule has 214 valence electrons. The van der Waals surface area contributed by atoms with Crippen molar-refractivity contribution in [2.45, 2.75) is 0 Å². The van der Waals surface area contributed by atoms with E-state index in [1.807, 2.05) is 12.1 Å². The quantitative estimate of drug-likeness (QED) is 0.202. The van der Waals surface area contributed by atoms with Gasteiger partial charge in [0.2, 0.25) is 0 Å². The summed E-state index contributed by atoms with van der Waals surface area (Å²) in [6, 6.07) is 60.2. The second-order valence-electron chi connectivity index (χ2n) is 11.8. The van der Waals surface area contributed by atoms with Gasteiger partial charge in [0.15, 0.2) is 0 Å². The van der Waals surface area contributed by atoms with Gasteiger partial charge in [0.25, 0.3) is 0 Å². The van der Waals surface area contributed by atoms with Crippen LogP contribution in [0, 0.1) is 11.3 Å². The lowest BCUT2D eigenvalue weighted by Gasteiger charge is -2.13. The van der Waals surface area contributed by atoms with Gasteiger partial charge >= 0.3 is 0 Å². The fourth-order valence-corrected chi connectivity index (χ4v) is 7.06. The standard InChI is InChI=1S/C43H27N3/c44-28-29-23-33(26-35(24-29)46-40-18-7-4-15-36(40)37-16-5-8-19-41(37)46)31-13-10-14-34(25-31)45-42-20-9-6-17-38(42)39-27-32(21-22-43(39)45)30-11-2-1-3-12-30/h1-27H. The summed E-state index contributed by atoms with van der Waals surface area (Å²) < 4.78 is 4.63. The van der Waals surface area contributed by atoms with Crippen LogP contribution < -0.4 is 0 Å². The van der Waals surface area contributed by atoms with Gasteiger partial charge in [-0.25, -0.2) is 0 Å². The number of hydrogen-bond donors (Lipinski definition) is 0. The van der Waals surface area contributed by atoms with E-state index >= 15 is 0 Å². The maximum atomic E-state index is 10.1. The maximum Gasteiger partial charge on any atom is 0.0992 e. The average molecular weight is 586 g/mol. The van der Waals surface area contributed by atoms with Crippen molar-refractivity contribution in [2.75, 3.05) is 0 Å². The molecule has 0 unspecified atom stereocenters. The highest BCUT2D eigenvalue weighted by Gasteiger charge is 2.16. The van der Waals surface area contributed by atoms with Crippen molar-refractivity contribution in [1.82, 2.24) is 9.13 Å². The number of para-hydroxylation sites is 3. The van der Waals surface area contributed by atoms with E-state index in [4.69, 9.17) is 0 Å². The first-order valence-corrected chi connectivity index (χ1v) is 15.5. The molecule has 0 aliphatic carbocycles. The highest BCUT2D eigenvalue weighted by molar-refractivity contribution is 6.11. The van der Waals surface area contributed by atoms with Crippen LogP contribution in [0.4, 0.5) is 0 Å². The summed E-state index contributed by atoms with van der Waals surface area (Å²) in [5.74, 6) is 0. The van der Waals surface area contributed by atoms with Crippen molar-refractivity contribution in [1.29, 1.82) is 5.26 Å². The molecule has 2 aromatic heterocycles. The third-order valence-electron chi connectivity index (χ3n) is 9.10. The summed E-state index contributed by atoms with van der Waals surface area (Å²) >= 11 is 0. The Labute approximate surface area is 266 Å². The molecule has 0 amide bonds. The monoisotopic (exact) mass is 585 g/mol. The maximum absolute atomic E-state index is 10.1. The molecule has 46 heavy (non-hydrogen) atoms. The minimum atomic E-state index is 0.630. The molecule has 2 heterocycles. The Morgan fingerprint density at radius 1 is 0.348 bits per heavy atom. The smallest absolute Gasteiger partial charge is 0.0992 e. The first-order chi connectivity index (χ1) is 22.8. The third kappa shape index (κ3) is 4.05. The van der Waals surface area contributed by atoms with Gasteiger partial charge in [-0.1, -0.05) is 103 Å². The molecular weight excluding hydrogens is 558 g/mol. The number of fused-ring (bicyclic) bond motifs is 6. The number of hydrogen-bond acceptors (Lipinski definition) is 1. The molecule has 3 heteroatoms. The largest absolute Gasteiger partial charge is 0.309 e. The third-order valence-corrected chi connectivity index (χ3v) is 9.10. The van der Waals surface area contributed by atoms with E-state index in [-0.39, 0.29) is 0 Å². The molecule has 0 saturated heterocycles. The van der Waals surface area contributed by atoms with Crippen LogP contribution in [-0.2, 0) is 0 Å². The summed E-state index contributed by atoms with van der Waals surface area (Å²) in [7, 11) is 0. The van der Waals surface area contributed by atoms with E-state index in [9.17, 15) is 5.26 Å². The molecule has 0 N–H and O–H groups in total. The Hall–Kier alpha value is -6.37. The SMILES string of the molecule is N#Cc1cc(-c2cccc(-n3c4ccccc4c4cc(-c5ccccc5)ccc43)c2)cc(-n2c3ccccc3c3ccccc32)c1. The molecule has 0 atom stereocenters. The summed E-state index contributed by atoms with van der Waals surface area (Å²) in [5, 5.41) is 15.0.